The van der Waals surface area contributed by atoms with Gasteiger partial charge in [-0.2, -0.15) is 0 Å². The van der Waals surface area contributed by atoms with E-state index in [1.54, 1.807) is 36.4 Å². The van der Waals surface area contributed by atoms with Gasteiger partial charge in [-0.3, -0.25) is 13.9 Å². The number of anilines is 2. The normalized spacial score (nSPS) is 11.9. The minimum Gasteiger partial charge on any atom is -0.345 e. The highest BCUT2D eigenvalue weighted by atomic mass is 35.5. The van der Waals surface area contributed by atoms with Gasteiger partial charge >= 0.3 is 0 Å². The standard InChI is InChI=1S/C30H27Cl2N3O4S/c1-20-12-15-24(16-13-20)40(38,39)35(28-18-23(31)14-17-26(28)32)19-29(36)34-27-11-7-6-10-25(27)30(37)33-21(2)22-8-4-3-5-9-22/h3-18,21H,19H2,1-2H3,(H,33,37)(H,34,36)/t21-/m1/s1. The highest BCUT2D eigenvalue weighted by Crippen LogP contribution is 2.33. The van der Waals surface area contributed by atoms with Crippen LogP contribution >= 0.6 is 23.2 Å². The molecule has 2 N–H and O–H groups in total. The second kappa shape index (κ2) is 12.6. The number of carbonyl (C=O) groups is 2. The van der Waals surface area contributed by atoms with Gasteiger partial charge in [0.15, 0.2) is 0 Å². The van der Waals surface area contributed by atoms with Crippen molar-refractivity contribution in [2.45, 2.75) is 24.8 Å². The topological polar surface area (TPSA) is 95.6 Å². The fourth-order valence-corrected chi connectivity index (χ4v) is 5.89. The molecule has 206 valence electrons. The first-order chi connectivity index (χ1) is 19.1. The summed E-state index contributed by atoms with van der Waals surface area (Å²) in [5, 5.41) is 5.97. The Bertz CT molecular complexity index is 1630. The molecule has 0 aliphatic carbocycles. The van der Waals surface area contributed by atoms with E-state index in [9.17, 15) is 18.0 Å². The van der Waals surface area contributed by atoms with E-state index in [1.165, 1.54) is 30.3 Å². The molecule has 0 fully saturated rings. The number of sulfonamides is 1. The minimum atomic E-state index is -4.22. The summed E-state index contributed by atoms with van der Waals surface area (Å²) in [4.78, 5) is 26.4. The van der Waals surface area contributed by atoms with Crippen molar-refractivity contribution >= 4 is 56.4 Å². The number of hydrogen-bond donors (Lipinski definition) is 2. The average Bonchev–Trinajstić information content (AvgIpc) is 2.94. The van der Waals surface area contributed by atoms with Crippen LogP contribution in [0.25, 0.3) is 0 Å². The van der Waals surface area contributed by atoms with Crippen molar-refractivity contribution in [3.8, 4) is 0 Å². The summed E-state index contributed by atoms with van der Waals surface area (Å²) in [6.07, 6.45) is 0. The molecule has 4 aromatic carbocycles. The number of nitrogens with one attached hydrogen (secondary N) is 2. The van der Waals surface area contributed by atoms with Gasteiger partial charge in [0.05, 0.1) is 32.9 Å². The average molecular weight is 597 g/mol. The summed E-state index contributed by atoms with van der Waals surface area (Å²) in [5.74, 6) is -1.07. The van der Waals surface area contributed by atoms with Crippen molar-refractivity contribution in [1.82, 2.24) is 5.32 Å². The number of para-hydroxylation sites is 1. The van der Waals surface area contributed by atoms with Crippen LogP contribution in [0.1, 0.15) is 34.5 Å². The maximum absolute atomic E-state index is 13.7. The zero-order valence-corrected chi connectivity index (χ0v) is 24.1. The summed E-state index contributed by atoms with van der Waals surface area (Å²) >= 11 is 12.5. The monoisotopic (exact) mass is 595 g/mol. The summed E-state index contributed by atoms with van der Waals surface area (Å²) in [5.41, 5.74) is 2.31. The number of halogens is 2. The Morgan fingerprint density at radius 2 is 1.52 bits per heavy atom. The fraction of sp³-hybridized carbons (Fsp3) is 0.133. The van der Waals surface area contributed by atoms with E-state index in [0.717, 1.165) is 15.4 Å². The van der Waals surface area contributed by atoms with E-state index in [0.29, 0.717) is 0 Å². The Hall–Kier alpha value is -3.85. The summed E-state index contributed by atoms with van der Waals surface area (Å²) in [7, 11) is -4.22. The van der Waals surface area contributed by atoms with Gasteiger partial charge in [-0.15, -0.1) is 0 Å². The molecule has 0 radical (unpaired) electrons. The third-order valence-corrected chi connectivity index (χ3v) is 8.49. The van der Waals surface area contributed by atoms with E-state index in [-0.39, 0.29) is 37.9 Å². The highest BCUT2D eigenvalue weighted by molar-refractivity contribution is 7.92. The molecule has 40 heavy (non-hydrogen) atoms. The maximum atomic E-state index is 13.7. The van der Waals surface area contributed by atoms with E-state index in [1.807, 2.05) is 44.2 Å². The van der Waals surface area contributed by atoms with Gasteiger partial charge in [0.2, 0.25) is 5.91 Å². The SMILES string of the molecule is Cc1ccc(S(=O)(=O)N(CC(=O)Nc2ccccc2C(=O)N[C@H](C)c2ccccc2)c2cc(Cl)ccc2Cl)cc1. The quantitative estimate of drug-likeness (QED) is 0.227. The van der Waals surface area contributed by atoms with Gasteiger partial charge in [-0.25, -0.2) is 8.42 Å². The fourth-order valence-electron chi connectivity index (χ4n) is 4.02. The van der Waals surface area contributed by atoms with E-state index in [2.05, 4.69) is 10.6 Å². The van der Waals surface area contributed by atoms with Crippen LogP contribution in [-0.4, -0.2) is 26.8 Å². The Morgan fingerprint density at radius 3 is 2.23 bits per heavy atom. The molecule has 0 spiro atoms. The van der Waals surface area contributed by atoms with Gasteiger partial charge in [0.25, 0.3) is 15.9 Å². The second-order valence-electron chi connectivity index (χ2n) is 9.12. The molecule has 0 unspecified atom stereocenters. The number of hydrogen-bond acceptors (Lipinski definition) is 4. The van der Waals surface area contributed by atoms with E-state index in [4.69, 9.17) is 23.2 Å². The third-order valence-electron chi connectivity index (χ3n) is 6.17. The van der Waals surface area contributed by atoms with Crippen LogP contribution < -0.4 is 14.9 Å². The molecular weight excluding hydrogens is 569 g/mol. The van der Waals surface area contributed by atoms with Crippen molar-refractivity contribution < 1.29 is 18.0 Å². The van der Waals surface area contributed by atoms with Gasteiger partial charge in [-0.05, 0) is 61.9 Å². The molecule has 0 aliphatic rings. The molecule has 0 aromatic heterocycles. The molecule has 0 saturated carbocycles. The van der Waals surface area contributed by atoms with Crippen molar-refractivity contribution in [2.75, 3.05) is 16.2 Å². The minimum absolute atomic E-state index is 0.0170. The zero-order valence-electron chi connectivity index (χ0n) is 21.8. The molecule has 2 amide bonds. The van der Waals surface area contributed by atoms with Crippen molar-refractivity contribution in [3.63, 3.8) is 0 Å². The van der Waals surface area contributed by atoms with Crippen LogP contribution in [0.4, 0.5) is 11.4 Å². The Balaban J connectivity index is 1.61. The number of nitrogens with zero attached hydrogens (tertiary/aromatic N) is 1. The summed E-state index contributed by atoms with van der Waals surface area (Å²) < 4.78 is 28.3. The molecular formula is C30H27Cl2N3O4S. The van der Waals surface area contributed by atoms with Crippen molar-refractivity contribution in [2.24, 2.45) is 0 Å². The van der Waals surface area contributed by atoms with Crippen LogP contribution in [0.5, 0.6) is 0 Å². The van der Waals surface area contributed by atoms with Crippen molar-refractivity contribution in [1.29, 1.82) is 0 Å². The Kier molecular flexibility index (Phi) is 9.14. The van der Waals surface area contributed by atoms with Gasteiger partial charge < -0.3 is 10.6 Å². The first-order valence-corrected chi connectivity index (χ1v) is 14.5. The molecule has 7 nitrogen and oxygen atoms in total. The predicted octanol–water partition coefficient (Wildman–Crippen LogP) is 6.63. The smallest absolute Gasteiger partial charge is 0.264 e. The lowest BCUT2D eigenvalue weighted by atomic mass is 10.1. The third kappa shape index (κ3) is 6.83. The zero-order chi connectivity index (χ0) is 28.9. The number of rotatable bonds is 9. The molecule has 0 heterocycles. The predicted molar refractivity (Wildman–Crippen MR) is 160 cm³/mol. The lowest BCUT2D eigenvalue weighted by Crippen LogP contribution is -2.38. The number of aryl methyl sites for hydroxylation is 1. The van der Waals surface area contributed by atoms with Crippen LogP contribution in [0.2, 0.25) is 10.0 Å². The lowest BCUT2D eigenvalue weighted by molar-refractivity contribution is -0.114. The van der Waals surface area contributed by atoms with Crippen LogP contribution in [0.15, 0.2) is 102 Å². The maximum Gasteiger partial charge on any atom is 0.264 e. The number of amides is 2. The molecule has 0 aliphatic heterocycles. The van der Waals surface area contributed by atoms with Crippen LogP contribution in [0, 0.1) is 6.92 Å². The Labute approximate surface area is 243 Å². The van der Waals surface area contributed by atoms with Crippen LogP contribution in [0.3, 0.4) is 0 Å². The summed E-state index contributed by atoms with van der Waals surface area (Å²) in [6.45, 7) is 3.08. The number of carbonyl (C=O) groups excluding carboxylic acids is 2. The molecule has 4 aromatic rings. The molecule has 10 heteroatoms. The summed E-state index contributed by atoms with van der Waals surface area (Å²) in [6, 6.07) is 26.3. The van der Waals surface area contributed by atoms with Gasteiger partial charge in [0, 0.05) is 5.02 Å². The first-order valence-electron chi connectivity index (χ1n) is 12.4. The van der Waals surface area contributed by atoms with Crippen LogP contribution in [-0.2, 0) is 14.8 Å². The van der Waals surface area contributed by atoms with E-state index >= 15 is 0 Å². The molecule has 0 bridgehead atoms. The lowest BCUT2D eigenvalue weighted by Gasteiger charge is -2.25. The highest BCUT2D eigenvalue weighted by Gasteiger charge is 2.29. The van der Waals surface area contributed by atoms with Crippen molar-refractivity contribution in [3.05, 3.63) is 124 Å². The Morgan fingerprint density at radius 1 is 0.875 bits per heavy atom. The molecule has 1 atom stereocenters. The van der Waals surface area contributed by atoms with E-state index < -0.39 is 28.4 Å². The van der Waals surface area contributed by atoms with Gasteiger partial charge in [-0.1, -0.05) is 83.4 Å². The van der Waals surface area contributed by atoms with Gasteiger partial charge in [0.1, 0.15) is 6.54 Å². The molecule has 0 saturated heterocycles. The molecule has 4 rings (SSSR count). The number of benzene rings is 4. The first kappa shape index (κ1) is 29.1. The second-order valence-corrected chi connectivity index (χ2v) is 11.8. The largest absolute Gasteiger partial charge is 0.345 e.